The summed E-state index contributed by atoms with van der Waals surface area (Å²) in [6.45, 7) is 6.10. The fourth-order valence-electron chi connectivity index (χ4n) is 5.29. The van der Waals surface area contributed by atoms with Crippen molar-refractivity contribution in [1.82, 2.24) is 30.0 Å². The molecule has 0 radical (unpaired) electrons. The lowest BCUT2D eigenvalue weighted by molar-refractivity contribution is 0.237. The number of thiophene rings is 1. The molecule has 1 aliphatic heterocycles. The van der Waals surface area contributed by atoms with Crippen LogP contribution in [0.3, 0.4) is 0 Å². The van der Waals surface area contributed by atoms with Gasteiger partial charge in [0.05, 0.1) is 29.3 Å². The van der Waals surface area contributed by atoms with E-state index >= 15 is 0 Å². The van der Waals surface area contributed by atoms with E-state index in [-0.39, 0.29) is 0 Å². The molecule has 0 unspecified atom stereocenters. The first kappa shape index (κ1) is 23.1. The predicted octanol–water partition coefficient (Wildman–Crippen LogP) is 6.68. The predicted molar refractivity (Wildman–Crippen MR) is 154 cm³/mol. The lowest BCUT2D eigenvalue weighted by Gasteiger charge is -2.15. The summed E-state index contributed by atoms with van der Waals surface area (Å²) >= 11 is 1.81. The van der Waals surface area contributed by atoms with Crippen molar-refractivity contribution >= 4 is 33.1 Å². The minimum atomic E-state index is 0.664. The second kappa shape index (κ2) is 9.70. The number of rotatable bonds is 7. The lowest BCUT2D eigenvalue weighted by Crippen LogP contribution is -2.25. The summed E-state index contributed by atoms with van der Waals surface area (Å²) in [6.07, 6.45) is 8.01. The maximum atomic E-state index is 6.02. The molecule has 8 heteroatoms. The first-order valence-electron chi connectivity index (χ1n) is 13.0. The Bertz CT molecular complexity index is 1740. The topological polar surface area (TPSA) is 82.7 Å². The van der Waals surface area contributed by atoms with Crippen LogP contribution in [0.2, 0.25) is 0 Å². The van der Waals surface area contributed by atoms with Gasteiger partial charge >= 0.3 is 0 Å². The van der Waals surface area contributed by atoms with E-state index in [1.807, 2.05) is 29.8 Å². The molecular weight excluding hydrogens is 492 g/mol. The minimum Gasteiger partial charge on any atom is -0.491 e. The highest BCUT2D eigenvalue weighted by atomic mass is 32.1. The third-order valence-corrected chi connectivity index (χ3v) is 8.29. The number of ether oxygens (including phenoxy) is 1. The number of nitrogens with zero attached hydrogens (tertiary/aromatic N) is 4. The van der Waals surface area contributed by atoms with Crippen molar-refractivity contribution in [2.75, 3.05) is 26.2 Å². The van der Waals surface area contributed by atoms with Gasteiger partial charge in [0, 0.05) is 49.9 Å². The maximum Gasteiger partial charge on any atom is 0.138 e. The molecule has 5 aromatic heterocycles. The summed E-state index contributed by atoms with van der Waals surface area (Å²) in [5, 5.41) is 10.0. The smallest absolute Gasteiger partial charge is 0.138 e. The standard InChI is InChI=1S/C30H28N6OS/c1-19-7-8-29(38-19)22-5-4-6-25-23(22)14-27(33-25)30-24-15-26(32-18-28(24)34-35-30)20-13-21(17-31-16-20)37-12-11-36-9-2-3-10-36/h4-8,13-18,33H,2-3,9-12H2,1H3,(H,34,35). The van der Waals surface area contributed by atoms with E-state index in [4.69, 9.17) is 4.74 Å². The van der Waals surface area contributed by atoms with E-state index in [2.05, 4.69) is 79.4 Å². The number of H-pyrrole nitrogens is 2. The van der Waals surface area contributed by atoms with Gasteiger partial charge in [0.2, 0.25) is 0 Å². The van der Waals surface area contributed by atoms with Gasteiger partial charge in [-0.05, 0) is 69.3 Å². The van der Waals surface area contributed by atoms with E-state index in [0.29, 0.717) is 6.61 Å². The molecule has 190 valence electrons. The van der Waals surface area contributed by atoms with Crippen LogP contribution in [-0.2, 0) is 0 Å². The van der Waals surface area contributed by atoms with Crippen molar-refractivity contribution in [2.24, 2.45) is 0 Å². The summed E-state index contributed by atoms with van der Waals surface area (Å²) in [5.41, 5.74) is 6.82. The maximum absolute atomic E-state index is 6.02. The second-order valence-electron chi connectivity index (χ2n) is 9.85. The zero-order chi connectivity index (χ0) is 25.5. The van der Waals surface area contributed by atoms with Gasteiger partial charge in [0.25, 0.3) is 0 Å². The van der Waals surface area contributed by atoms with Crippen LogP contribution in [0.1, 0.15) is 17.7 Å². The fraction of sp³-hybridized carbons (Fsp3) is 0.233. The van der Waals surface area contributed by atoms with Crippen molar-refractivity contribution in [1.29, 1.82) is 0 Å². The van der Waals surface area contributed by atoms with E-state index in [9.17, 15) is 0 Å². The molecule has 7 nitrogen and oxygen atoms in total. The Balaban J connectivity index is 1.20. The van der Waals surface area contributed by atoms with Gasteiger partial charge in [-0.2, -0.15) is 5.10 Å². The lowest BCUT2D eigenvalue weighted by atomic mass is 10.1. The van der Waals surface area contributed by atoms with E-state index < -0.39 is 0 Å². The highest BCUT2D eigenvalue weighted by molar-refractivity contribution is 7.15. The number of aromatic amines is 2. The van der Waals surface area contributed by atoms with Gasteiger partial charge < -0.3 is 9.72 Å². The van der Waals surface area contributed by atoms with Gasteiger partial charge in [-0.15, -0.1) is 11.3 Å². The number of aromatic nitrogens is 5. The van der Waals surface area contributed by atoms with Crippen LogP contribution in [-0.4, -0.2) is 56.3 Å². The molecule has 0 bridgehead atoms. The monoisotopic (exact) mass is 520 g/mol. The van der Waals surface area contributed by atoms with Crippen molar-refractivity contribution in [2.45, 2.75) is 19.8 Å². The summed E-state index contributed by atoms with van der Waals surface area (Å²) in [4.78, 5) is 17.7. The number of hydrogen-bond donors (Lipinski definition) is 2. The molecule has 0 amide bonds. The van der Waals surface area contributed by atoms with Crippen LogP contribution in [0.25, 0.3) is 54.9 Å². The van der Waals surface area contributed by atoms with Crippen LogP contribution in [0.15, 0.2) is 67.1 Å². The fourth-order valence-corrected chi connectivity index (χ4v) is 6.20. The Morgan fingerprint density at radius 2 is 1.89 bits per heavy atom. The quantitative estimate of drug-likeness (QED) is 0.245. The Labute approximate surface area is 224 Å². The van der Waals surface area contributed by atoms with Crippen molar-refractivity contribution in [3.05, 3.63) is 72.0 Å². The average Bonchev–Trinajstić information content (AvgIpc) is 3.74. The molecule has 0 saturated carbocycles. The van der Waals surface area contributed by atoms with Gasteiger partial charge in [0.15, 0.2) is 0 Å². The average molecular weight is 521 g/mol. The molecule has 1 fully saturated rings. The van der Waals surface area contributed by atoms with Crippen molar-refractivity contribution < 1.29 is 4.74 Å². The number of nitrogens with one attached hydrogen (secondary N) is 2. The molecule has 0 atom stereocenters. The Kier molecular flexibility index (Phi) is 5.91. The normalized spacial score (nSPS) is 14.1. The summed E-state index contributed by atoms with van der Waals surface area (Å²) in [5.74, 6) is 0.767. The van der Waals surface area contributed by atoms with Gasteiger partial charge in [-0.1, -0.05) is 12.1 Å². The molecular formula is C30H28N6OS. The number of aryl methyl sites for hydroxylation is 1. The molecule has 1 saturated heterocycles. The van der Waals surface area contributed by atoms with Crippen molar-refractivity contribution in [3.63, 3.8) is 0 Å². The molecule has 2 N–H and O–H groups in total. The van der Waals surface area contributed by atoms with Gasteiger partial charge in [0.1, 0.15) is 18.1 Å². The second-order valence-corrected chi connectivity index (χ2v) is 11.1. The van der Waals surface area contributed by atoms with E-state index in [1.165, 1.54) is 46.6 Å². The van der Waals surface area contributed by atoms with Crippen molar-refractivity contribution in [3.8, 4) is 38.8 Å². The van der Waals surface area contributed by atoms with Crippen LogP contribution >= 0.6 is 11.3 Å². The molecule has 6 heterocycles. The molecule has 1 aromatic carbocycles. The Morgan fingerprint density at radius 3 is 2.76 bits per heavy atom. The minimum absolute atomic E-state index is 0.664. The first-order valence-corrected chi connectivity index (χ1v) is 13.9. The Morgan fingerprint density at radius 1 is 0.974 bits per heavy atom. The highest BCUT2D eigenvalue weighted by Crippen LogP contribution is 2.37. The highest BCUT2D eigenvalue weighted by Gasteiger charge is 2.16. The van der Waals surface area contributed by atoms with E-state index in [0.717, 1.165) is 51.4 Å². The first-order chi connectivity index (χ1) is 18.7. The SMILES string of the molecule is Cc1ccc(-c2cccc3[nH]c(-c4n[nH]c5cnc(-c6cncc(OCCN7CCCC7)c6)cc45)cc23)s1. The van der Waals surface area contributed by atoms with Gasteiger partial charge in [-0.3, -0.25) is 20.0 Å². The Hall–Kier alpha value is -4.01. The summed E-state index contributed by atoms with van der Waals surface area (Å²) < 4.78 is 6.02. The zero-order valence-electron chi connectivity index (χ0n) is 21.2. The molecule has 38 heavy (non-hydrogen) atoms. The van der Waals surface area contributed by atoms with Crippen LogP contribution in [0, 0.1) is 6.92 Å². The van der Waals surface area contributed by atoms with Crippen LogP contribution in [0.5, 0.6) is 5.75 Å². The number of fused-ring (bicyclic) bond motifs is 2. The number of hydrogen-bond acceptors (Lipinski definition) is 6. The number of likely N-dealkylation sites (tertiary alicyclic amines) is 1. The molecule has 0 aliphatic carbocycles. The number of benzene rings is 1. The third kappa shape index (κ3) is 4.36. The van der Waals surface area contributed by atoms with Crippen LogP contribution in [0.4, 0.5) is 0 Å². The van der Waals surface area contributed by atoms with Crippen LogP contribution < -0.4 is 4.74 Å². The number of pyridine rings is 2. The molecule has 7 rings (SSSR count). The third-order valence-electron chi connectivity index (χ3n) is 7.26. The summed E-state index contributed by atoms with van der Waals surface area (Å²) in [6, 6.07) is 17.1. The molecule has 0 spiro atoms. The molecule has 6 aromatic rings. The largest absolute Gasteiger partial charge is 0.491 e. The summed E-state index contributed by atoms with van der Waals surface area (Å²) in [7, 11) is 0. The zero-order valence-corrected chi connectivity index (χ0v) is 22.0. The van der Waals surface area contributed by atoms with Gasteiger partial charge in [-0.25, -0.2) is 0 Å². The molecule has 1 aliphatic rings. The van der Waals surface area contributed by atoms with E-state index in [1.54, 1.807) is 6.20 Å².